The molecule has 6 heteroatoms. The van der Waals surface area contributed by atoms with E-state index in [1.54, 1.807) is 0 Å². The van der Waals surface area contributed by atoms with Crippen LogP contribution in [-0.4, -0.2) is 12.1 Å². The van der Waals surface area contributed by atoms with Gasteiger partial charge in [-0.1, -0.05) is 15.9 Å². The summed E-state index contributed by atoms with van der Waals surface area (Å²) in [7, 11) is 0. The van der Waals surface area contributed by atoms with Gasteiger partial charge in [-0.15, -0.1) is 0 Å². The first-order valence-electron chi connectivity index (χ1n) is 3.89. The molecule has 0 radical (unpaired) electrons. The molecule has 0 aromatic heterocycles. The zero-order valence-electron chi connectivity index (χ0n) is 7.10. The van der Waals surface area contributed by atoms with Crippen molar-refractivity contribution < 1.29 is 18.0 Å². The number of alkyl halides is 3. The first-order chi connectivity index (χ1) is 6.89. The van der Waals surface area contributed by atoms with E-state index in [-0.39, 0.29) is 15.6 Å². The lowest BCUT2D eigenvalue weighted by Crippen LogP contribution is -2.10. The zero-order chi connectivity index (χ0) is 11.2. The summed E-state index contributed by atoms with van der Waals surface area (Å²) in [5.74, 6) is -0.642. The number of rotatable bonds is 0. The summed E-state index contributed by atoms with van der Waals surface area (Å²) < 4.78 is 37.9. The van der Waals surface area contributed by atoms with Gasteiger partial charge >= 0.3 is 6.18 Å². The molecule has 1 aromatic carbocycles. The third-order valence-electron chi connectivity index (χ3n) is 1.99. The van der Waals surface area contributed by atoms with E-state index in [1.165, 1.54) is 6.07 Å². The van der Waals surface area contributed by atoms with E-state index >= 15 is 0 Å². The molecule has 0 fully saturated rings. The second-order valence-electron chi connectivity index (χ2n) is 2.98. The second kappa shape index (κ2) is 3.16. The highest BCUT2D eigenvalue weighted by Crippen LogP contribution is 2.36. The van der Waals surface area contributed by atoms with Crippen molar-refractivity contribution >= 4 is 28.1 Å². The minimum Gasteiger partial charge on any atom is -0.267 e. The van der Waals surface area contributed by atoms with Gasteiger partial charge in [0.15, 0.2) is 0 Å². The summed E-state index contributed by atoms with van der Waals surface area (Å²) in [6.07, 6.45) is -3.53. The van der Waals surface area contributed by atoms with Crippen LogP contribution in [0.15, 0.2) is 21.6 Å². The first-order valence-corrected chi connectivity index (χ1v) is 4.68. The van der Waals surface area contributed by atoms with Crippen molar-refractivity contribution in [3.63, 3.8) is 0 Å². The minimum absolute atomic E-state index is 0.0169. The second-order valence-corrected chi connectivity index (χ2v) is 3.89. The highest BCUT2D eigenvalue weighted by molar-refractivity contribution is 9.10. The summed E-state index contributed by atoms with van der Waals surface area (Å²) in [5.41, 5.74) is -1.02. The molecule has 0 atom stereocenters. The van der Waals surface area contributed by atoms with Crippen molar-refractivity contribution in [2.45, 2.75) is 6.18 Å². The monoisotopic (exact) mass is 277 g/mol. The SMILES string of the molecule is O=C1N=Cc2c1cc(Br)cc2C(F)(F)F. The predicted octanol–water partition coefficient (Wildman–Crippen LogP) is 3.04. The zero-order valence-corrected chi connectivity index (χ0v) is 8.69. The van der Waals surface area contributed by atoms with Crippen LogP contribution < -0.4 is 0 Å². The number of hydrogen-bond acceptors (Lipinski definition) is 1. The smallest absolute Gasteiger partial charge is 0.267 e. The fourth-order valence-corrected chi connectivity index (χ4v) is 1.82. The molecule has 1 amide bonds. The standard InChI is InChI=1S/C9H3BrF3NO/c10-4-1-5-6(3-14-8(5)15)7(2-4)9(11,12)13/h1-3H. The van der Waals surface area contributed by atoms with Gasteiger partial charge in [0.05, 0.1) is 11.1 Å². The van der Waals surface area contributed by atoms with Crippen LogP contribution in [0.4, 0.5) is 13.2 Å². The Balaban J connectivity index is 2.72. The van der Waals surface area contributed by atoms with Gasteiger partial charge in [-0.2, -0.15) is 13.2 Å². The average Bonchev–Trinajstić information content (AvgIpc) is 2.45. The lowest BCUT2D eigenvalue weighted by Gasteiger charge is -2.10. The van der Waals surface area contributed by atoms with Crippen LogP contribution in [0.1, 0.15) is 21.5 Å². The number of carbonyl (C=O) groups excluding carboxylic acids is 1. The largest absolute Gasteiger partial charge is 0.417 e. The molecular formula is C9H3BrF3NO. The Hall–Kier alpha value is -1.17. The molecule has 0 unspecified atom stereocenters. The molecule has 1 aliphatic rings. The molecule has 0 saturated carbocycles. The average molecular weight is 278 g/mol. The van der Waals surface area contributed by atoms with Crippen molar-refractivity contribution in [2.24, 2.45) is 4.99 Å². The molecular weight excluding hydrogens is 275 g/mol. The number of aliphatic imine (C=N–C) groups is 1. The Morgan fingerprint density at radius 3 is 2.53 bits per heavy atom. The van der Waals surface area contributed by atoms with Gasteiger partial charge in [-0.3, -0.25) is 4.79 Å². The van der Waals surface area contributed by atoms with Crippen LogP contribution in [0.25, 0.3) is 0 Å². The Labute approximate surface area is 90.9 Å². The summed E-state index contributed by atoms with van der Waals surface area (Å²) in [6.45, 7) is 0. The third-order valence-corrected chi connectivity index (χ3v) is 2.45. The van der Waals surface area contributed by atoms with Gasteiger partial charge < -0.3 is 0 Å². The molecule has 1 aliphatic heterocycles. The van der Waals surface area contributed by atoms with E-state index in [9.17, 15) is 18.0 Å². The van der Waals surface area contributed by atoms with Gasteiger partial charge in [0, 0.05) is 16.3 Å². The van der Waals surface area contributed by atoms with E-state index in [0.717, 1.165) is 12.3 Å². The fraction of sp³-hybridized carbons (Fsp3) is 0.111. The first kappa shape index (κ1) is 10.4. The fourth-order valence-electron chi connectivity index (χ4n) is 1.36. The van der Waals surface area contributed by atoms with Crippen LogP contribution in [0, 0.1) is 0 Å². The summed E-state index contributed by atoms with van der Waals surface area (Å²) in [4.78, 5) is 14.4. The number of halogens is 4. The molecule has 78 valence electrons. The maximum Gasteiger partial charge on any atom is 0.417 e. The number of hydrogen-bond donors (Lipinski definition) is 0. The van der Waals surface area contributed by atoms with Gasteiger partial charge in [-0.05, 0) is 12.1 Å². The molecule has 2 nitrogen and oxygen atoms in total. The molecule has 0 aliphatic carbocycles. The number of carbonyl (C=O) groups is 1. The minimum atomic E-state index is -4.48. The quantitative estimate of drug-likeness (QED) is 0.717. The molecule has 0 bridgehead atoms. The van der Waals surface area contributed by atoms with E-state index in [2.05, 4.69) is 20.9 Å². The van der Waals surface area contributed by atoms with Crippen molar-refractivity contribution in [3.8, 4) is 0 Å². The van der Waals surface area contributed by atoms with Crippen LogP contribution in [0.2, 0.25) is 0 Å². The predicted molar refractivity (Wildman–Crippen MR) is 51.1 cm³/mol. The van der Waals surface area contributed by atoms with Gasteiger partial charge in [-0.25, -0.2) is 4.99 Å². The van der Waals surface area contributed by atoms with Crippen LogP contribution in [-0.2, 0) is 6.18 Å². The summed E-state index contributed by atoms with van der Waals surface area (Å²) in [5, 5.41) is 0. The number of nitrogens with zero attached hydrogens (tertiary/aromatic N) is 1. The molecule has 1 heterocycles. The molecule has 0 spiro atoms. The van der Waals surface area contributed by atoms with Gasteiger partial charge in [0.2, 0.25) is 0 Å². The Morgan fingerprint density at radius 2 is 1.93 bits per heavy atom. The van der Waals surface area contributed by atoms with Crippen LogP contribution in [0.3, 0.4) is 0 Å². The topological polar surface area (TPSA) is 29.4 Å². The maximum absolute atomic E-state index is 12.6. The lowest BCUT2D eigenvalue weighted by atomic mass is 10.0. The highest BCUT2D eigenvalue weighted by atomic mass is 79.9. The number of benzene rings is 1. The van der Waals surface area contributed by atoms with Crippen molar-refractivity contribution in [3.05, 3.63) is 33.3 Å². The highest BCUT2D eigenvalue weighted by Gasteiger charge is 2.36. The lowest BCUT2D eigenvalue weighted by molar-refractivity contribution is -0.137. The van der Waals surface area contributed by atoms with E-state index < -0.39 is 17.6 Å². The Kier molecular flexibility index (Phi) is 2.18. The molecule has 15 heavy (non-hydrogen) atoms. The van der Waals surface area contributed by atoms with E-state index in [0.29, 0.717) is 0 Å². The van der Waals surface area contributed by atoms with Crippen LogP contribution in [0.5, 0.6) is 0 Å². The van der Waals surface area contributed by atoms with E-state index in [1.807, 2.05) is 0 Å². The normalized spacial score (nSPS) is 14.5. The van der Waals surface area contributed by atoms with Crippen LogP contribution >= 0.6 is 15.9 Å². The Morgan fingerprint density at radius 1 is 1.27 bits per heavy atom. The van der Waals surface area contributed by atoms with Crippen molar-refractivity contribution in [1.82, 2.24) is 0 Å². The summed E-state index contributed by atoms with van der Waals surface area (Å²) >= 11 is 2.93. The van der Waals surface area contributed by atoms with Crippen molar-refractivity contribution in [1.29, 1.82) is 0 Å². The molecule has 1 aromatic rings. The maximum atomic E-state index is 12.6. The Bertz CT molecular complexity index is 479. The van der Waals surface area contributed by atoms with E-state index in [4.69, 9.17) is 0 Å². The van der Waals surface area contributed by atoms with Gasteiger partial charge in [0.25, 0.3) is 5.91 Å². The number of amides is 1. The summed E-state index contributed by atoms with van der Waals surface area (Å²) in [6, 6.07) is 2.27. The molecule has 0 N–H and O–H groups in total. The third kappa shape index (κ3) is 1.69. The van der Waals surface area contributed by atoms with Crippen molar-refractivity contribution in [2.75, 3.05) is 0 Å². The van der Waals surface area contributed by atoms with Gasteiger partial charge in [0.1, 0.15) is 0 Å². The number of fused-ring (bicyclic) bond motifs is 1. The molecule has 0 saturated heterocycles. The molecule has 2 rings (SSSR count).